The minimum atomic E-state index is -0.0935. The maximum atomic E-state index is 13.1. The summed E-state index contributed by atoms with van der Waals surface area (Å²) < 4.78 is 1.83. The van der Waals surface area contributed by atoms with Crippen molar-refractivity contribution in [2.24, 2.45) is 0 Å². The number of carbonyl (C=O) groups excluding carboxylic acids is 1. The number of hydrogen-bond donors (Lipinski definition) is 1. The third-order valence-electron chi connectivity index (χ3n) is 5.39. The van der Waals surface area contributed by atoms with Crippen LogP contribution in [0, 0.1) is 13.8 Å². The fourth-order valence-electron chi connectivity index (χ4n) is 3.87. The second kappa shape index (κ2) is 8.78. The third kappa shape index (κ3) is 4.03. The topological polar surface area (TPSA) is 46.9 Å². The van der Waals surface area contributed by atoms with Crippen molar-refractivity contribution < 1.29 is 4.79 Å². The highest BCUT2D eigenvalue weighted by molar-refractivity contribution is 5.96. The monoisotopic (exact) mass is 395 g/mol. The van der Waals surface area contributed by atoms with Crippen molar-refractivity contribution in [1.29, 1.82) is 0 Å². The molecular formula is C26H25N3O. The summed E-state index contributed by atoms with van der Waals surface area (Å²) in [5.74, 6) is -0.00910. The average molecular weight is 396 g/mol. The number of aromatic nitrogens is 2. The molecule has 0 aliphatic carbocycles. The van der Waals surface area contributed by atoms with Gasteiger partial charge in [0.15, 0.2) is 0 Å². The first-order valence-electron chi connectivity index (χ1n) is 10.1. The average Bonchev–Trinajstić information content (AvgIpc) is 3.10. The van der Waals surface area contributed by atoms with Gasteiger partial charge in [-0.1, -0.05) is 78.9 Å². The van der Waals surface area contributed by atoms with Crippen molar-refractivity contribution in [2.75, 3.05) is 6.54 Å². The van der Waals surface area contributed by atoms with E-state index in [-0.39, 0.29) is 11.8 Å². The number of benzene rings is 3. The first kappa shape index (κ1) is 19.6. The van der Waals surface area contributed by atoms with Gasteiger partial charge >= 0.3 is 0 Å². The largest absolute Gasteiger partial charge is 0.351 e. The van der Waals surface area contributed by atoms with Crippen LogP contribution in [0.3, 0.4) is 0 Å². The zero-order chi connectivity index (χ0) is 20.9. The standard InChI is InChI=1S/C26H25N3O/c1-19-25(20(2)29(28-19)23-16-10-5-11-17-23)26(30)27-18-24(21-12-6-3-7-13-21)22-14-8-4-9-15-22/h3-17,24H,18H2,1-2H3,(H,27,30). The molecule has 4 aromatic rings. The van der Waals surface area contributed by atoms with Gasteiger partial charge in [0.05, 0.1) is 22.6 Å². The molecule has 0 unspecified atom stereocenters. The maximum Gasteiger partial charge on any atom is 0.255 e. The summed E-state index contributed by atoms with van der Waals surface area (Å²) in [6.45, 7) is 4.34. The molecule has 0 atom stereocenters. The van der Waals surface area contributed by atoms with Crippen LogP contribution in [0.15, 0.2) is 91.0 Å². The van der Waals surface area contributed by atoms with Gasteiger partial charge in [-0.05, 0) is 37.1 Å². The highest BCUT2D eigenvalue weighted by atomic mass is 16.1. The lowest BCUT2D eigenvalue weighted by Crippen LogP contribution is -2.29. The molecule has 1 amide bonds. The Morgan fingerprint density at radius 3 is 1.87 bits per heavy atom. The lowest BCUT2D eigenvalue weighted by atomic mass is 9.91. The highest BCUT2D eigenvalue weighted by Gasteiger charge is 2.21. The molecule has 150 valence electrons. The summed E-state index contributed by atoms with van der Waals surface area (Å²) >= 11 is 0. The lowest BCUT2D eigenvalue weighted by molar-refractivity contribution is 0.0951. The van der Waals surface area contributed by atoms with Crippen LogP contribution in [0.2, 0.25) is 0 Å². The molecule has 30 heavy (non-hydrogen) atoms. The normalized spacial score (nSPS) is 10.9. The molecule has 0 saturated carbocycles. The Morgan fingerprint density at radius 1 is 0.833 bits per heavy atom. The summed E-state index contributed by atoms with van der Waals surface area (Å²) in [7, 11) is 0. The molecule has 1 heterocycles. The molecule has 0 fully saturated rings. The van der Waals surface area contributed by atoms with Crippen LogP contribution >= 0.6 is 0 Å². The number of amides is 1. The molecule has 4 nitrogen and oxygen atoms in total. The number of carbonyl (C=O) groups is 1. The molecule has 0 spiro atoms. The van der Waals surface area contributed by atoms with Gasteiger partial charge in [-0.15, -0.1) is 0 Å². The molecular weight excluding hydrogens is 370 g/mol. The van der Waals surface area contributed by atoms with Gasteiger partial charge in [0.2, 0.25) is 0 Å². The van der Waals surface area contributed by atoms with Crippen LogP contribution in [0.1, 0.15) is 38.8 Å². The van der Waals surface area contributed by atoms with Crippen molar-refractivity contribution >= 4 is 5.91 Å². The Kier molecular flexibility index (Phi) is 5.75. The van der Waals surface area contributed by atoms with E-state index in [0.29, 0.717) is 12.1 Å². The Labute approximate surface area is 177 Å². The molecule has 0 aliphatic heterocycles. The van der Waals surface area contributed by atoms with Gasteiger partial charge in [0, 0.05) is 12.5 Å². The van der Waals surface area contributed by atoms with Gasteiger partial charge < -0.3 is 5.32 Å². The Hall–Kier alpha value is -3.66. The molecule has 0 radical (unpaired) electrons. The minimum Gasteiger partial charge on any atom is -0.351 e. The number of nitrogens with zero attached hydrogens (tertiary/aromatic N) is 2. The van der Waals surface area contributed by atoms with E-state index in [4.69, 9.17) is 0 Å². The SMILES string of the molecule is Cc1nn(-c2ccccc2)c(C)c1C(=O)NCC(c1ccccc1)c1ccccc1. The van der Waals surface area contributed by atoms with Crippen LogP contribution in [-0.2, 0) is 0 Å². The molecule has 3 aromatic carbocycles. The molecule has 1 aromatic heterocycles. The van der Waals surface area contributed by atoms with E-state index in [0.717, 1.165) is 17.1 Å². The number of aryl methyl sites for hydroxylation is 1. The molecule has 0 aliphatic rings. The van der Waals surface area contributed by atoms with E-state index >= 15 is 0 Å². The molecule has 1 N–H and O–H groups in total. The summed E-state index contributed by atoms with van der Waals surface area (Å²) in [6, 6.07) is 30.4. The van der Waals surface area contributed by atoms with E-state index in [1.165, 1.54) is 11.1 Å². The summed E-state index contributed by atoms with van der Waals surface area (Å²) in [5, 5.41) is 7.75. The van der Waals surface area contributed by atoms with Gasteiger partial charge in [0.25, 0.3) is 5.91 Å². The molecule has 0 saturated heterocycles. The van der Waals surface area contributed by atoms with Gasteiger partial charge in [-0.25, -0.2) is 4.68 Å². The predicted octanol–water partition coefficient (Wildman–Crippen LogP) is 5.05. The zero-order valence-corrected chi connectivity index (χ0v) is 17.2. The van der Waals surface area contributed by atoms with Crippen LogP contribution < -0.4 is 5.32 Å². The van der Waals surface area contributed by atoms with E-state index in [1.807, 2.05) is 85.3 Å². The number of nitrogens with one attached hydrogen (secondary N) is 1. The number of hydrogen-bond acceptors (Lipinski definition) is 2. The smallest absolute Gasteiger partial charge is 0.255 e. The molecule has 0 bridgehead atoms. The van der Waals surface area contributed by atoms with E-state index in [2.05, 4.69) is 34.7 Å². The fourth-order valence-corrected chi connectivity index (χ4v) is 3.87. The number of para-hydroxylation sites is 1. The lowest BCUT2D eigenvalue weighted by Gasteiger charge is -2.19. The molecule has 4 rings (SSSR count). The van der Waals surface area contributed by atoms with E-state index in [9.17, 15) is 4.79 Å². The van der Waals surface area contributed by atoms with Crippen LogP contribution in [0.4, 0.5) is 0 Å². The second-order valence-corrected chi connectivity index (χ2v) is 7.38. The predicted molar refractivity (Wildman–Crippen MR) is 120 cm³/mol. The first-order valence-corrected chi connectivity index (χ1v) is 10.1. The first-order chi connectivity index (χ1) is 14.6. The zero-order valence-electron chi connectivity index (χ0n) is 17.2. The highest BCUT2D eigenvalue weighted by Crippen LogP contribution is 2.24. The summed E-state index contributed by atoms with van der Waals surface area (Å²) in [6.07, 6.45) is 0. The van der Waals surface area contributed by atoms with Crippen molar-refractivity contribution in [3.63, 3.8) is 0 Å². The van der Waals surface area contributed by atoms with E-state index in [1.54, 1.807) is 0 Å². The van der Waals surface area contributed by atoms with Crippen LogP contribution in [0.25, 0.3) is 5.69 Å². The number of rotatable bonds is 6. The van der Waals surface area contributed by atoms with E-state index < -0.39 is 0 Å². The van der Waals surface area contributed by atoms with Crippen LogP contribution in [-0.4, -0.2) is 22.2 Å². The maximum absolute atomic E-state index is 13.1. The summed E-state index contributed by atoms with van der Waals surface area (Å²) in [5.41, 5.74) is 5.51. The quantitative estimate of drug-likeness (QED) is 0.496. The van der Waals surface area contributed by atoms with Gasteiger partial charge in [-0.3, -0.25) is 4.79 Å². The summed E-state index contributed by atoms with van der Waals surface area (Å²) in [4.78, 5) is 13.1. The minimum absolute atomic E-state index is 0.0844. The Balaban J connectivity index is 1.58. The third-order valence-corrected chi connectivity index (χ3v) is 5.39. The van der Waals surface area contributed by atoms with Gasteiger partial charge in [0.1, 0.15) is 0 Å². The van der Waals surface area contributed by atoms with Crippen molar-refractivity contribution in [3.05, 3.63) is 119 Å². The van der Waals surface area contributed by atoms with Crippen molar-refractivity contribution in [2.45, 2.75) is 19.8 Å². The van der Waals surface area contributed by atoms with Crippen LogP contribution in [0.5, 0.6) is 0 Å². The second-order valence-electron chi connectivity index (χ2n) is 7.38. The fraction of sp³-hybridized carbons (Fsp3) is 0.154. The van der Waals surface area contributed by atoms with Gasteiger partial charge in [-0.2, -0.15) is 5.10 Å². The Bertz CT molecular complexity index is 1080. The van der Waals surface area contributed by atoms with Crippen molar-refractivity contribution in [1.82, 2.24) is 15.1 Å². The van der Waals surface area contributed by atoms with Crippen molar-refractivity contribution in [3.8, 4) is 5.69 Å². The molecule has 4 heteroatoms. The Morgan fingerprint density at radius 2 is 1.33 bits per heavy atom.